The molecule has 4 aliphatic rings. The molecule has 0 bridgehead atoms. The maximum Gasteiger partial charge on any atom is 0.326 e. The second kappa shape index (κ2) is 16.9. The zero-order valence-corrected chi connectivity index (χ0v) is 33.0. The minimum Gasteiger partial charge on any atom is -0.493 e. The lowest BCUT2D eigenvalue weighted by Gasteiger charge is -2.39. The van der Waals surface area contributed by atoms with Gasteiger partial charge in [0.05, 0.1) is 36.2 Å². The van der Waals surface area contributed by atoms with Crippen LogP contribution in [-0.2, 0) is 19.6 Å². The zero-order valence-electron chi connectivity index (χ0n) is 30.7. The summed E-state index contributed by atoms with van der Waals surface area (Å²) in [5, 5.41) is 3.86. The van der Waals surface area contributed by atoms with Crippen LogP contribution in [-0.4, -0.2) is 128 Å². The Bertz CT molecular complexity index is 2040. The second-order valence-electron chi connectivity index (χ2n) is 14.1. The normalized spacial score (nSPS) is 21.3. The van der Waals surface area contributed by atoms with Gasteiger partial charge in [0.15, 0.2) is 0 Å². The Balaban J connectivity index is 1.27. The molecule has 0 spiro atoms. The lowest BCUT2D eigenvalue weighted by molar-refractivity contribution is -0.135. The van der Waals surface area contributed by atoms with Crippen LogP contribution in [0.15, 0.2) is 76.6 Å². The molecule has 0 aromatic heterocycles. The molecule has 3 aromatic rings. The number of rotatable bonds is 9. The van der Waals surface area contributed by atoms with Crippen LogP contribution in [0.25, 0.3) is 0 Å². The third kappa shape index (κ3) is 8.48. The number of piperidine rings is 1. The van der Waals surface area contributed by atoms with Gasteiger partial charge < -0.3 is 19.9 Å². The van der Waals surface area contributed by atoms with Gasteiger partial charge in [-0.3, -0.25) is 24.4 Å². The molecule has 3 saturated heterocycles. The minimum absolute atomic E-state index is 0.0965. The topological polar surface area (TPSA) is 135 Å². The van der Waals surface area contributed by atoms with Crippen molar-refractivity contribution in [2.45, 2.75) is 43.2 Å². The molecule has 3 fully saturated rings. The van der Waals surface area contributed by atoms with E-state index in [0.717, 1.165) is 30.4 Å². The monoisotopic (exact) mass is 809 g/mol. The lowest BCUT2D eigenvalue weighted by atomic mass is 9.93. The number of halogens is 2. The highest BCUT2D eigenvalue weighted by Gasteiger charge is 2.45. The Morgan fingerprint density at radius 2 is 1.47 bits per heavy atom. The number of ether oxygens (including phenoxy) is 1. The SMILES string of the molecule is CCOc1ccc(S(=O)(=O)N2CCCCC2)cc1C1=NC(c2ccc(Cl)cc2)C(c2ccc(Cl)cc2)N1C(=O)N1CCN(C(=O)CN2CCNC(=O)C2)CC1. The maximum atomic E-state index is 15.1. The molecule has 4 aliphatic heterocycles. The van der Waals surface area contributed by atoms with Gasteiger partial charge in [0.1, 0.15) is 17.6 Å². The maximum absolute atomic E-state index is 15.1. The number of nitrogens with one attached hydrogen (secondary N) is 1. The van der Waals surface area contributed by atoms with E-state index in [1.165, 1.54) is 4.31 Å². The van der Waals surface area contributed by atoms with Crippen molar-refractivity contribution in [2.24, 2.45) is 4.99 Å². The molecule has 16 heteroatoms. The average molecular weight is 811 g/mol. The van der Waals surface area contributed by atoms with Crippen LogP contribution in [0.3, 0.4) is 0 Å². The first-order chi connectivity index (χ1) is 26.5. The molecule has 13 nitrogen and oxygen atoms in total. The van der Waals surface area contributed by atoms with Gasteiger partial charge in [-0.05, 0) is 73.4 Å². The van der Waals surface area contributed by atoms with Gasteiger partial charge >= 0.3 is 6.03 Å². The highest BCUT2D eigenvalue weighted by Crippen LogP contribution is 2.46. The number of hydrogen-bond donors (Lipinski definition) is 1. The first kappa shape index (κ1) is 39.0. The van der Waals surface area contributed by atoms with Crippen LogP contribution in [0.4, 0.5) is 4.79 Å². The van der Waals surface area contributed by atoms with Crippen LogP contribution in [0.1, 0.15) is 55.0 Å². The first-order valence-corrected chi connectivity index (χ1v) is 20.9. The van der Waals surface area contributed by atoms with E-state index in [9.17, 15) is 18.0 Å². The highest BCUT2D eigenvalue weighted by atomic mass is 35.5. The second-order valence-corrected chi connectivity index (χ2v) is 16.9. The summed E-state index contributed by atoms with van der Waals surface area (Å²) in [6.45, 7) is 5.55. The van der Waals surface area contributed by atoms with Crippen LogP contribution in [0, 0.1) is 0 Å². The molecule has 292 valence electrons. The summed E-state index contributed by atoms with van der Waals surface area (Å²) in [6, 6.07) is 17.7. The van der Waals surface area contributed by atoms with Crippen molar-refractivity contribution in [1.82, 2.24) is 29.2 Å². The molecule has 0 saturated carbocycles. The summed E-state index contributed by atoms with van der Waals surface area (Å²) < 4.78 is 35.7. The standard InChI is InChI=1S/C39H45Cl2N7O6S/c1-2-54-33-15-14-31(55(52,53)47-17-4-3-5-18-47)24-32(33)38-43-36(27-6-10-29(40)11-7-27)37(28-8-12-30(41)13-9-28)48(38)39(51)46-22-20-45(21-23-46)35(50)26-44-19-16-42-34(49)25-44/h6-15,24,36-37H,2-5,16-23,25-26H2,1H3,(H,42,49). The zero-order chi connectivity index (χ0) is 38.7. The average Bonchev–Trinajstić information content (AvgIpc) is 3.59. The number of amidine groups is 1. The van der Waals surface area contributed by atoms with Crippen LogP contribution < -0.4 is 10.1 Å². The van der Waals surface area contributed by atoms with Crippen molar-refractivity contribution >= 4 is 56.9 Å². The van der Waals surface area contributed by atoms with E-state index in [-0.39, 0.29) is 54.8 Å². The number of sulfonamides is 1. The van der Waals surface area contributed by atoms with Crippen molar-refractivity contribution in [1.29, 1.82) is 0 Å². The molecule has 7 rings (SSSR count). The van der Waals surface area contributed by atoms with E-state index in [4.69, 9.17) is 32.9 Å². The molecule has 0 radical (unpaired) electrons. The molecule has 4 heterocycles. The van der Waals surface area contributed by atoms with E-state index in [2.05, 4.69) is 5.32 Å². The number of carbonyl (C=O) groups excluding carboxylic acids is 3. The van der Waals surface area contributed by atoms with Crippen molar-refractivity contribution in [3.8, 4) is 5.75 Å². The van der Waals surface area contributed by atoms with Gasteiger partial charge in [-0.1, -0.05) is 53.9 Å². The van der Waals surface area contributed by atoms with Crippen LogP contribution >= 0.6 is 23.2 Å². The fourth-order valence-corrected chi connectivity index (χ4v) is 9.45. The number of aliphatic imine (C=N–C) groups is 1. The van der Waals surface area contributed by atoms with Gasteiger partial charge in [0.25, 0.3) is 0 Å². The fourth-order valence-electron chi connectivity index (χ4n) is 7.65. The van der Waals surface area contributed by atoms with E-state index < -0.39 is 22.1 Å². The van der Waals surface area contributed by atoms with Crippen LogP contribution in [0.2, 0.25) is 10.0 Å². The summed E-state index contributed by atoms with van der Waals surface area (Å²) >= 11 is 12.7. The summed E-state index contributed by atoms with van der Waals surface area (Å²) in [7, 11) is -3.86. The Morgan fingerprint density at radius 1 is 0.836 bits per heavy atom. The number of amides is 4. The number of urea groups is 1. The van der Waals surface area contributed by atoms with E-state index >= 15 is 4.79 Å². The molecular formula is C39H45Cl2N7O6S. The highest BCUT2D eigenvalue weighted by molar-refractivity contribution is 7.89. The van der Waals surface area contributed by atoms with Gasteiger partial charge in [0, 0.05) is 62.4 Å². The van der Waals surface area contributed by atoms with Gasteiger partial charge in [-0.2, -0.15) is 4.31 Å². The molecule has 55 heavy (non-hydrogen) atoms. The quantitative estimate of drug-likeness (QED) is 0.328. The van der Waals surface area contributed by atoms with Gasteiger partial charge in [0.2, 0.25) is 21.8 Å². The number of carbonyl (C=O) groups is 3. The third-order valence-corrected chi connectivity index (χ3v) is 12.9. The van der Waals surface area contributed by atoms with Crippen molar-refractivity contribution < 1.29 is 27.5 Å². The first-order valence-electron chi connectivity index (χ1n) is 18.7. The summed E-state index contributed by atoms with van der Waals surface area (Å²) in [5.74, 6) is 0.461. The van der Waals surface area contributed by atoms with Crippen molar-refractivity contribution in [3.05, 3.63) is 93.5 Å². The number of nitrogens with zero attached hydrogens (tertiary/aromatic N) is 6. The van der Waals surface area contributed by atoms with Crippen molar-refractivity contribution in [3.63, 3.8) is 0 Å². The molecule has 1 N–H and O–H groups in total. The lowest BCUT2D eigenvalue weighted by Crippen LogP contribution is -2.57. The molecule has 4 amide bonds. The van der Waals surface area contributed by atoms with Gasteiger partial charge in [-0.25, -0.2) is 13.2 Å². The summed E-state index contributed by atoms with van der Waals surface area (Å²) in [5.41, 5.74) is 1.95. The molecular weight excluding hydrogens is 765 g/mol. The summed E-state index contributed by atoms with van der Waals surface area (Å²) in [4.78, 5) is 52.5. The Morgan fingerprint density at radius 3 is 2.11 bits per heavy atom. The predicted molar refractivity (Wildman–Crippen MR) is 210 cm³/mol. The van der Waals surface area contributed by atoms with Crippen LogP contribution in [0.5, 0.6) is 5.75 Å². The Labute approximate surface area is 331 Å². The Hall–Kier alpha value is -4.21. The number of benzene rings is 3. The number of hydrogen-bond acceptors (Lipinski definition) is 8. The largest absolute Gasteiger partial charge is 0.493 e. The molecule has 0 aliphatic carbocycles. The van der Waals surface area contributed by atoms with E-state index in [0.29, 0.717) is 67.2 Å². The molecule has 3 aromatic carbocycles. The minimum atomic E-state index is -3.86. The number of piperazine rings is 2. The Kier molecular flexibility index (Phi) is 12.0. The summed E-state index contributed by atoms with van der Waals surface area (Å²) in [6.07, 6.45) is 2.56. The molecule has 2 unspecified atom stereocenters. The third-order valence-electron chi connectivity index (χ3n) is 10.5. The predicted octanol–water partition coefficient (Wildman–Crippen LogP) is 4.81. The van der Waals surface area contributed by atoms with Gasteiger partial charge in [-0.15, -0.1) is 0 Å². The molecule has 2 atom stereocenters. The smallest absolute Gasteiger partial charge is 0.326 e. The van der Waals surface area contributed by atoms with Crippen molar-refractivity contribution in [2.75, 3.05) is 72.1 Å². The fraction of sp³-hybridized carbons (Fsp3) is 0.436. The van der Waals surface area contributed by atoms with E-state index in [1.807, 2.05) is 36.1 Å². The van der Waals surface area contributed by atoms with E-state index in [1.54, 1.807) is 57.2 Å².